The predicted molar refractivity (Wildman–Crippen MR) is 119 cm³/mol. The highest BCUT2D eigenvalue weighted by Gasteiger charge is 2.30. The number of hydrogen-bond acceptors (Lipinski definition) is 5. The summed E-state index contributed by atoms with van der Waals surface area (Å²) in [7, 11) is -3.81. The molecule has 0 aliphatic carbocycles. The lowest BCUT2D eigenvalue weighted by Gasteiger charge is -2.34. The van der Waals surface area contributed by atoms with Gasteiger partial charge in [0, 0.05) is 44.0 Å². The lowest BCUT2D eigenvalue weighted by Crippen LogP contribution is -2.51. The maximum atomic E-state index is 13.4. The first-order chi connectivity index (χ1) is 15.3. The van der Waals surface area contributed by atoms with E-state index in [-0.39, 0.29) is 49.4 Å². The van der Waals surface area contributed by atoms with Crippen molar-refractivity contribution >= 4 is 27.5 Å². The van der Waals surface area contributed by atoms with Gasteiger partial charge in [-0.05, 0) is 42.8 Å². The van der Waals surface area contributed by atoms with Crippen molar-refractivity contribution in [3.8, 4) is 0 Å². The molecule has 2 N–H and O–H groups in total. The molecule has 2 aromatic rings. The van der Waals surface area contributed by atoms with Crippen molar-refractivity contribution in [3.63, 3.8) is 0 Å². The van der Waals surface area contributed by atoms with Gasteiger partial charge in [0.05, 0.1) is 11.4 Å². The van der Waals surface area contributed by atoms with E-state index in [4.69, 9.17) is 0 Å². The Bertz CT molecular complexity index is 1070. The van der Waals surface area contributed by atoms with Gasteiger partial charge >= 0.3 is 0 Å². The Morgan fingerprint density at radius 2 is 1.75 bits per heavy atom. The number of amides is 2. The van der Waals surface area contributed by atoms with Gasteiger partial charge in [0.2, 0.25) is 15.9 Å². The van der Waals surface area contributed by atoms with Crippen molar-refractivity contribution < 1.29 is 22.4 Å². The van der Waals surface area contributed by atoms with Gasteiger partial charge in [0.25, 0.3) is 5.91 Å². The molecular weight excluding hydrogens is 435 g/mol. The first-order valence-electron chi connectivity index (χ1n) is 10.5. The Morgan fingerprint density at radius 3 is 2.44 bits per heavy atom. The van der Waals surface area contributed by atoms with E-state index in [0.717, 1.165) is 12.5 Å². The van der Waals surface area contributed by atoms with Crippen LogP contribution in [0.15, 0.2) is 53.4 Å². The second-order valence-corrected chi connectivity index (χ2v) is 9.37. The lowest BCUT2D eigenvalue weighted by atomic mass is 10.2. The third kappa shape index (κ3) is 5.83. The van der Waals surface area contributed by atoms with Gasteiger partial charge in [-0.25, -0.2) is 12.8 Å². The Labute approximate surface area is 187 Å². The van der Waals surface area contributed by atoms with Gasteiger partial charge in [-0.3, -0.25) is 9.59 Å². The van der Waals surface area contributed by atoms with Crippen LogP contribution in [0.5, 0.6) is 0 Å². The normalized spacial score (nSPS) is 14.8. The van der Waals surface area contributed by atoms with E-state index in [1.54, 1.807) is 29.2 Å². The third-order valence-electron chi connectivity index (χ3n) is 5.13. The molecule has 1 aliphatic rings. The molecule has 1 fully saturated rings. The van der Waals surface area contributed by atoms with Crippen LogP contribution < -0.4 is 10.6 Å². The summed E-state index contributed by atoms with van der Waals surface area (Å²) in [5, 5.41) is 5.83. The monoisotopic (exact) mass is 462 g/mol. The molecule has 0 aromatic heterocycles. The van der Waals surface area contributed by atoms with Gasteiger partial charge in [0.1, 0.15) is 5.82 Å². The summed E-state index contributed by atoms with van der Waals surface area (Å²) in [4.78, 5) is 26.1. The summed E-state index contributed by atoms with van der Waals surface area (Å²) in [5.74, 6) is -0.955. The fraction of sp³-hybridized carbons (Fsp3) is 0.364. The lowest BCUT2D eigenvalue weighted by molar-refractivity contribution is -0.130. The smallest absolute Gasteiger partial charge is 0.251 e. The average Bonchev–Trinajstić information content (AvgIpc) is 2.81. The predicted octanol–water partition coefficient (Wildman–Crippen LogP) is 1.91. The molecule has 0 unspecified atom stereocenters. The topological polar surface area (TPSA) is 98.8 Å². The largest absolute Gasteiger partial charge is 0.376 e. The first kappa shape index (κ1) is 23.7. The zero-order chi connectivity index (χ0) is 23.1. The highest BCUT2D eigenvalue weighted by Crippen LogP contribution is 2.18. The minimum absolute atomic E-state index is 0.0245. The van der Waals surface area contributed by atoms with Crippen molar-refractivity contribution in [2.24, 2.45) is 0 Å². The highest BCUT2D eigenvalue weighted by molar-refractivity contribution is 7.89. The van der Waals surface area contributed by atoms with Gasteiger partial charge < -0.3 is 15.5 Å². The Balaban J connectivity index is 1.52. The van der Waals surface area contributed by atoms with Crippen molar-refractivity contribution in [2.75, 3.05) is 44.6 Å². The summed E-state index contributed by atoms with van der Waals surface area (Å²) < 4.78 is 40.1. The van der Waals surface area contributed by atoms with Crippen LogP contribution in [-0.2, 0) is 14.8 Å². The number of carbonyl (C=O) groups excluding carboxylic acids is 2. The molecule has 2 aromatic carbocycles. The van der Waals surface area contributed by atoms with Crippen LogP contribution in [0.1, 0.15) is 23.7 Å². The molecule has 1 saturated heterocycles. The number of anilines is 1. The molecule has 0 radical (unpaired) electrons. The Kier molecular flexibility index (Phi) is 7.81. The van der Waals surface area contributed by atoms with E-state index >= 15 is 0 Å². The number of piperazine rings is 1. The van der Waals surface area contributed by atoms with Crippen LogP contribution in [0.25, 0.3) is 0 Å². The third-order valence-corrected chi connectivity index (χ3v) is 7.02. The van der Waals surface area contributed by atoms with Crippen LogP contribution >= 0.6 is 0 Å². The first-order valence-corrected chi connectivity index (χ1v) is 11.9. The molecule has 172 valence electrons. The SMILES string of the molecule is CCCNC(=O)c1cccc(NCC(=O)N2CCN(S(=O)(=O)c3cccc(F)c3)CC2)c1. The molecule has 0 atom stereocenters. The quantitative estimate of drug-likeness (QED) is 0.625. The van der Waals surface area contributed by atoms with Crippen molar-refractivity contribution in [3.05, 3.63) is 59.9 Å². The Morgan fingerprint density at radius 1 is 1.03 bits per heavy atom. The van der Waals surface area contributed by atoms with E-state index in [1.165, 1.54) is 22.5 Å². The molecular formula is C22H27FN4O4S. The molecule has 1 aliphatic heterocycles. The molecule has 32 heavy (non-hydrogen) atoms. The molecule has 2 amide bonds. The van der Waals surface area contributed by atoms with E-state index in [9.17, 15) is 22.4 Å². The molecule has 0 spiro atoms. The summed E-state index contributed by atoms with van der Waals surface area (Å²) in [6, 6.07) is 11.8. The second-order valence-electron chi connectivity index (χ2n) is 7.43. The van der Waals surface area contributed by atoms with Crippen molar-refractivity contribution in [2.45, 2.75) is 18.2 Å². The maximum absolute atomic E-state index is 13.4. The summed E-state index contributed by atoms with van der Waals surface area (Å²) >= 11 is 0. The minimum atomic E-state index is -3.81. The minimum Gasteiger partial charge on any atom is -0.376 e. The molecule has 0 bridgehead atoms. The highest BCUT2D eigenvalue weighted by atomic mass is 32.2. The standard InChI is InChI=1S/C22H27FN4O4S/c1-2-9-24-22(29)17-5-3-7-19(14-17)25-16-21(28)26-10-12-27(13-11-26)32(30,31)20-8-4-6-18(23)15-20/h3-8,14-15,25H,2,9-13,16H2,1H3,(H,24,29). The van der Waals surface area contributed by atoms with E-state index < -0.39 is 15.8 Å². The van der Waals surface area contributed by atoms with E-state index in [2.05, 4.69) is 10.6 Å². The second kappa shape index (κ2) is 10.6. The summed E-state index contributed by atoms with van der Waals surface area (Å²) in [6.07, 6.45) is 0.842. The van der Waals surface area contributed by atoms with Crippen LogP contribution in [0, 0.1) is 5.82 Å². The number of rotatable bonds is 8. The average molecular weight is 463 g/mol. The molecule has 1 heterocycles. The number of nitrogens with zero attached hydrogens (tertiary/aromatic N) is 2. The molecule has 0 saturated carbocycles. The number of sulfonamides is 1. The maximum Gasteiger partial charge on any atom is 0.251 e. The fourth-order valence-electron chi connectivity index (χ4n) is 3.35. The number of benzene rings is 2. The fourth-order valence-corrected chi connectivity index (χ4v) is 4.81. The zero-order valence-corrected chi connectivity index (χ0v) is 18.7. The summed E-state index contributed by atoms with van der Waals surface area (Å²) in [6.45, 7) is 3.35. The van der Waals surface area contributed by atoms with Gasteiger partial charge in [-0.1, -0.05) is 19.1 Å². The number of hydrogen-bond donors (Lipinski definition) is 2. The zero-order valence-electron chi connectivity index (χ0n) is 17.9. The summed E-state index contributed by atoms with van der Waals surface area (Å²) in [5.41, 5.74) is 1.15. The molecule has 10 heteroatoms. The molecule has 3 rings (SSSR count). The van der Waals surface area contributed by atoms with Gasteiger partial charge in [0.15, 0.2) is 0 Å². The number of halogens is 1. The van der Waals surface area contributed by atoms with Crippen molar-refractivity contribution in [1.29, 1.82) is 0 Å². The van der Waals surface area contributed by atoms with Crippen LogP contribution in [0.3, 0.4) is 0 Å². The number of carbonyl (C=O) groups is 2. The van der Waals surface area contributed by atoms with Gasteiger partial charge in [-0.2, -0.15) is 4.31 Å². The van der Waals surface area contributed by atoms with Crippen LogP contribution in [0.2, 0.25) is 0 Å². The van der Waals surface area contributed by atoms with Crippen LogP contribution in [0.4, 0.5) is 10.1 Å². The Hall–Kier alpha value is -2.98. The van der Waals surface area contributed by atoms with E-state index in [0.29, 0.717) is 17.8 Å². The van der Waals surface area contributed by atoms with Gasteiger partial charge in [-0.15, -0.1) is 0 Å². The van der Waals surface area contributed by atoms with E-state index in [1.807, 2.05) is 6.92 Å². The molecule has 8 nitrogen and oxygen atoms in total. The number of nitrogens with one attached hydrogen (secondary N) is 2. The van der Waals surface area contributed by atoms with Crippen LogP contribution in [-0.4, -0.2) is 68.7 Å². The van der Waals surface area contributed by atoms with Crippen molar-refractivity contribution in [1.82, 2.24) is 14.5 Å².